The number of benzene rings is 1. The molecule has 0 aliphatic heterocycles. The molecule has 1 heterocycles. The lowest BCUT2D eigenvalue weighted by atomic mass is 10.2. The number of carbonyl (C=O) groups is 1. The van der Waals surface area contributed by atoms with Crippen LogP contribution in [0.5, 0.6) is 0 Å². The summed E-state index contributed by atoms with van der Waals surface area (Å²) >= 11 is 0. The highest BCUT2D eigenvalue weighted by Gasteiger charge is 2.19. The molecule has 0 unspecified atom stereocenters. The van der Waals surface area contributed by atoms with E-state index in [0.29, 0.717) is 11.3 Å². The van der Waals surface area contributed by atoms with Gasteiger partial charge in [-0.25, -0.2) is 9.48 Å². The molecule has 0 fully saturated rings. The Morgan fingerprint density at radius 3 is 2.85 bits per heavy atom. The molecular weight excluding hydrogens is 262 g/mol. The standard InChI is InChI=1S/C13H13N3O4/c1-3-20-13(17)10-7-8-15(14-10)12-9(2)5-4-6-11(12)16(18)19/h4-8H,3H2,1-2H3. The molecule has 7 nitrogen and oxygen atoms in total. The molecule has 0 bridgehead atoms. The Hall–Kier alpha value is -2.70. The van der Waals surface area contributed by atoms with Gasteiger partial charge in [-0.3, -0.25) is 10.1 Å². The monoisotopic (exact) mass is 275 g/mol. The van der Waals surface area contributed by atoms with E-state index in [2.05, 4.69) is 5.10 Å². The van der Waals surface area contributed by atoms with Gasteiger partial charge in [0.15, 0.2) is 5.69 Å². The van der Waals surface area contributed by atoms with Gasteiger partial charge in [-0.15, -0.1) is 0 Å². The van der Waals surface area contributed by atoms with E-state index in [9.17, 15) is 14.9 Å². The summed E-state index contributed by atoms with van der Waals surface area (Å²) in [6.07, 6.45) is 1.50. The quantitative estimate of drug-likeness (QED) is 0.485. The third-order valence-corrected chi connectivity index (χ3v) is 2.72. The molecule has 0 spiro atoms. The molecule has 0 saturated carbocycles. The molecule has 1 aromatic carbocycles. The first kappa shape index (κ1) is 13.7. The van der Waals surface area contributed by atoms with E-state index in [1.165, 1.54) is 23.0 Å². The number of aryl methyl sites for hydroxylation is 1. The van der Waals surface area contributed by atoms with Gasteiger partial charge in [-0.1, -0.05) is 12.1 Å². The van der Waals surface area contributed by atoms with E-state index in [-0.39, 0.29) is 18.0 Å². The number of hydrogen-bond donors (Lipinski definition) is 0. The van der Waals surface area contributed by atoms with Gasteiger partial charge in [0.2, 0.25) is 0 Å². The van der Waals surface area contributed by atoms with Gasteiger partial charge in [-0.2, -0.15) is 5.10 Å². The van der Waals surface area contributed by atoms with Crippen LogP contribution in [0.2, 0.25) is 0 Å². The average Bonchev–Trinajstić information content (AvgIpc) is 2.88. The van der Waals surface area contributed by atoms with Gasteiger partial charge in [0.1, 0.15) is 5.69 Å². The lowest BCUT2D eigenvalue weighted by molar-refractivity contribution is -0.384. The Balaban J connectivity index is 2.47. The normalized spacial score (nSPS) is 10.3. The van der Waals surface area contributed by atoms with Crippen molar-refractivity contribution in [2.24, 2.45) is 0 Å². The molecule has 0 radical (unpaired) electrons. The van der Waals surface area contributed by atoms with E-state index in [1.54, 1.807) is 26.0 Å². The molecule has 104 valence electrons. The Labute approximate surface area is 114 Å². The van der Waals surface area contributed by atoms with Crippen molar-refractivity contribution in [1.29, 1.82) is 0 Å². The number of carbonyl (C=O) groups excluding carboxylic acids is 1. The number of para-hydroxylation sites is 1. The van der Waals surface area contributed by atoms with Crippen molar-refractivity contribution in [3.63, 3.8) is 0 Å². The molecule has 2 aromatic rings. The molecule has 20 heavy (non-hydrogen) atoms. The summed E-state index contributed by atoms with van der Waals surface area (Å²) in [7, 11) is 0. The largest absolute Gasteiger partial charge is 0.461 e. The molecule has 2 rings (SSSR count). The highest BCUT2D eigenvalue weighted by Crippen LogP contribution is 2.25. The third-order valence-electron chi connectivity index (χ3n) is 2.72. The predicted octanol–water partition coefficient (Wildman–Crippen LogP) is 2.27. The van der Waals surface area contributed by atoms with Crippen LogP contribution < -0.4 is 0 Å². The summed E-state index contributed by atoms with van der Waals surface area (Å²) < 4.78 is 6.16. The molecule has 0 atom stereocenters. The minimum atomic E-state index is -0.553. The van der Waals surface area contributed by atoms with Gasteiger partial charge in [-0.05, 0) is 25.5 Å². The fraction of sp³-hybridized carbons (Fsp3) is 0.231. The second kappa shape index (κ2) is 5.52. The van der Waals surface area contributed by atoms with Crippen LogP contribution in [0.4, 0.5) is 5.69 Å². The maximum atomic E-state index is 11.6. The summed E-state index contributed by atoms with van der Waals surface area (Å²) in [6.45, 7) is 3.69. The number of esters is 1. The summed E-state index contributed by atoms with van der Waals surface area (Å²) in [6, 6.07) is 6.21. The maximum absolute atomic E-state index is 11.6. The lowest BCUT2D eigenvalue weighted by Gasteiger charge is -2.06. The van der Waals surface area contributed by atoms with E-state index in [4.69, 9.17) is 4.74 Å². The fourth-order valence-electron chi connectivity index (χ4n) is 1.85. The van der Waals surface area contributed by atoms with Crippen LogP contribution in [0.1, 0.15) is 23.0 Å². The van der Waals surface area contributed by atoms with Crippen LogP contribution >= 0.6 is 0 Å². The van der Waals surface area contributed by atoms with Crippen LogP contribution in [-0.4, -0.2) is 27.3 Å². The fourth-order valence-corrected chi connectivity index (χ4v) is 1.85. The Bertz CT molecular complexity index is 663. The van der Waals surface area contributed by atoms with Crippen LogP contribution in [0, 0.1) is 17.0 Å². The summed E-state index contributed by atoms with van der Waals surface area (Å²) in [4.78, 5) is 22.1. The van der Waals surface area contributed by atoms with Crippen molar-refractivity contribution >= 4 is 11.7 Å². The molecular formula is C13H13N3O4. The minimum Gasteiger partial charge on any atom is -0.461 e. The first-order valence-corrected chi connectivity index (χ1v) is 6.01. The van der Waals surface area contributed by atoms with Crippen LogP contribution in [-0.2, 0) is 4.74 Å². The van der Waals surface area contributed by atoms with Crippen molar-refractivity contribution in [2.45, 2.75) is 13.8 Å². The average molecular weight is 275 g/mol. The van der Waals surface area contributed by atoms with Crippen molar-refractivity contribution in [3.8, 4) is 5.69 Å². The van der Waals surface area contributed by atoms with Crippen LogP contribution in [0.15, 0.2) is 30.5 Å². The highest BCUT2D eigenvalue weighted by molar-refractivity contribution is 5.87. The molecule has 1 aromatic heterocycles. The predicted molar refractivity (Wildman–Crippen MR) is 70.9 cm³/mol. The van der Waals surface area contributed by atoms with E-state index >= 15 is 0 Å². The number of nitrogens with zero attached hydrogens (tertiary/aromatic N) is 3. The zero-order valence-electron chi connectivity index (χ0n) is 11.1. The summed E-state index contributed by atoms with van der Waals surface area (Å²) in [5, 5.41) is 15.1. The SMILES string of the molecule is CCOC(=O)c1ccn(-c2c(C)cccc2[N+](=O)[O-])n1. The first-order valence-electron chi connectivity index (χ1n) is 6.01. The summed E-state index contributed by atoms with van der Waals surface area (Å²) in [5.41, 5.74) is 1.08. The molecule has 7 heteroatoms. The number of ether oxygens (including phenoxy) is 1. The molecule has 0 aliphatic carbocycles. The zero-order chi connectivity index (χ0) is 14.7. The van der Waals surface area contributed by atoms with Crippen LogP contribution in [0.25, 0.3) is 5.69 Å². The van der Waals surface area contributed by atoms with Crippen molar-refractivity contribution in [2.75, 3.05) is 6.61 Å². The van der Waals surface area contributed by atoms with E-state index < -0.39 is 10.9 Å². The molecule has 0 aliphatic rings. The van der Waals surface area contributed by atoms with Gasteiger partial charge >= 0.3 is 5.97 Å². The van der Waals surface area contributed by atoms with E-state index in [1.807, 2.05) is 0 Å². The number of aromatic nitrogens is 2. The van der Waals surface area contributed by atoms with Crippen molar-refractivity contribution in [3.05, 3.63) is 51.8 Å². The Morgan fingerprint density at radius 1 is 1.45 bits per heavy atom. The first-order chi connectivity index (χ1) is 9.54. The zero-order valence-corrected chi connectivity index (χ0v) is 11.1. The lowest BCUT2D eigenvalue weighted by Crippen LogP contribution is -2.08. The minimum absolute atomic E-state index is 0.0662. The smallest absolute Gasteiger partial charge is 0.358 e. The van der Waals surface area contributed by atoms with Gasteiger partial charge in [0, 0.05) is 12.3 Å². The van der Waals surface area contributed by atoms with Gasteiger partial charge < -0.3 is 4.74 Å². The number of hydrogen-bond acceptors (Lipinski definition) is 5. The maximum Gasteiger partial charge on any atom is 0.358 e. The van der Waals surface area contributed by atoms with Gasteiger partial charge in [0.25, 0.3) is 5.69 Å². The second-order valence-corrected chi connectivity index (χ2v) is 4.07. The van der Waals surface area contributed by atoms with E-state index in [0.717, 1.165) is 0 Å². The second-order valence-electron chi connectivity index (χ2n) is 4.07. The van der Waals surface area contributed by atoms with Crippen molar-refractivity contribution < 1.29 is 14.5 Å². The molecule has 0 N–H and O–H groups in total. The van der Waals surface area contributed by atoms with Crippen LogP contribution in [0.3, 0.4) is 0 Å². The molecule has 0 saturated heterocycles. The Morgan fingerprint density at radius 2 is 2.20 bits per heavy atom. The number of nitro benzene ring substituents is 1. The summed E-state index contributed by atoms with van der Waals surface area (Å²) in [5.74, 6) is -0.553. The number of rotatable bonds is 4. The van der Waals surface area contributed by atoms with Gasteiger partial charge in [0.05, 0.1) is 11.5 Å². The van der Waals surface area contributed by atoms with Crippen molar-refractivity contribution in [1.82, 2.24) is 9.78 Å². The number of nitro groups is 1. The topological polar surface area (TPSA) is 87.3 Å². The Kier molecular flexibility index (Phi) is 3.79. The highest BCUT2D eigenvalue weighted by atomic mass is 16.6. The molecule has 0 amide bonds. The third kappa shape index (κ3) is 2.51.